The first kappa shape index (κ1) is 18.5. The minimum absolute atomic E-state index is 0.372. The van der Waals surface area contributed by atoms with Crippen molar-refractivity contribution in [3.05, 3.63) is 0 Å². The molecule has 0 saturated heterocycles. The van der Waals surface area contributed by atoms with Crippen LogP contribution in [0.5, 0.6) is 0 Å². The molecule has 0 aliphatic heterocycles. The number of carbonyl (C=O) groups is 1. The van der Waals surface area contributed by atoms with Crippen LogP contribution in [0.3, 0.4) is 0 Å². The summed E-state index contributed by atoms with van der Waals surface area (Å²) in [5.74, 6) is 0.802. The third kappa shape index (κ3) is 11.6. The summed E-state index contributed by atoms with van der Waals surface area (Å²) in [4.78, 5) is 15.5. The fraction of sp³-hybridized carbons (Fsp3) is 0.857. The van der Waals surface area contributed by atoms with Gasteiger partial charge in [-0.1, -0.05) is 13.3 Å². The van der Waals surface area contributed by atoms with Crippen LogP contribution in [0.25, 0.3) is 0 Å². The molecule has 3 N–H and O–H groups in total. The summed E-state index contributed by atoms with van der Waals surface area (Å²) < 4.78 is 5.15. The van der Waals surface area contributed by atoms with Gasteiger partial charge in [-0.25, -0.2) is 4.79 Å². The van der Waals surface area contributed by atoms with Crippen molar-refractivity contribution in [2.75, 3.05) is 26.7 Å². The highest BCUT2D eigenvalue weighted by atomic mass is 16.6. The zero-order valence-corrected chi connectivity index (χ0v) is 13.5. The van der Waals surface area contributed by atoms with E-state index in [4.69, 9.17) is 4.74 Å². The molecule has 0 aliphatic carbocycles. The molecule has 118 valence electrons. The fourth-order valence-electron chi connectivity index (χ4n) is 1.40. The van der Waals surface area contributed by atoms with E-state index in [2.05, 4.69) is 27.9 Å². The molecule has 0 saturated carbocycles. The number of aliphatic imine (C=N–C) groups is 1. The molecule has 20 heavy (non-hydrogen) atoms. The van der Waals surface area contributed by atoms with Gasteiger partial charge in [0.1, 0.15) is 5.60 Å². The molecule has 0 aliphatic rings. The first-order chi connectivity index (χ1) is 9.39. The highest BCUT2D eigenvalue weighted by Crippen LogP contribution is 2.06. The SMILES string of the molecule is CCCCNC(=NC)NCCCNC(=O)OC(C)(C)C. The van der Waals surface area contributed by atoms with Crippen molar-refractivity contribution in [3.8, 4) is 0 Å². The van der Waals surface area contributed by atoms with Gasteiger partial charge in [0.15, 0.2) is 5.96 Å². The lowest BCUT2D eigenvalue weighted by Gasteiger charge is -2.19. The van der Waals surface area contributed by atoms with Crippen molar-refractivity contribution in [2.45, 2.75) is 52.6 Å². The average molecular weight is 286 g/mol. The van der Waals surface area contributed by atoms with Crippen LogP contribution in [-0.2, 0) is 4.74 Å². The van der Waals surface area contributed by atoms with E-state index in [1.165, 1.54) is 0 Å². The topological polar surface area (TPSA) is 74.8 Å². The maximum absolute atomic E-state index is 11.4. The predicted molar refractivity (Wildman–Crippen MR) is 83.1 cm³/mol. The van der Waals surface area contributed by atoms with Crippen molar-refractivity contribution < 1.29 is 9.53 Å². The normalized spacial score (nSPS) is 11.9. The van der Waals surface area contributed by atoms with Crippen LogP contribution in [0.4, 0.5) is 4.79 Å². The Bertz CT molecular complexity index is 298. The molecule has 6 heteroatoms. The second-order valence-electron chi connectivity index (χ2n) is 5.56. The van der Waals surface area contributed by atoms with Crippen LogP contribution in [0.15, 0.2) is 4.99 Å². The Morgan fingerprint density at radius 1 is 1.05 bits per heavy atom. The van der Waals surface area contributed by atoms with Gasteiger partial charge in [0, 0.05) is 26.7 Å². The number of nitrogens with one attached hydrogen (secondary N) is 3. The molecule has 0 rings (SSSR count). The number of guanidine groups is 1. The molecular weight excluding hydrogens is 256 g/mol. The second kappa shape index (κ2) is 10.3. The third-order valence-electron chi connectivity index (χ3n) is 2.36. The summed E-state index contributed by atoms with van der Waals surface area (Å²) >= 11 is 0. The maximum Gasteiger partial charge on any atom is 0.407 e. The zero-order chi connectivity index (χ0) is 15.4. The number of amides is 1. The van der Waals surface area contributed by atoms with Gasteiger partial charge < -0.3 is 20.7 Å². The predicted octanol–water partition coefficient (Wildman–Crippen LogP) is 1.87. The van der Waals surface area contributed by atoms with Crippen LogP contribution in [0, 0.1) is 0 Å². The van der Waals surface area contributed by atoms with Gasteiger partial charge >= 0.3 is 6.09 Å². The minimum atomic E-state index is -0.451. The number of hydrogen-bond donors (Lipinski definition) is 3. The van der Waals surface area contributed by atoms with Gasteiger partial charge in [-0.15, -0.1) is 0 Å². The molecular formula is C14H30N4O2. The lowest BCUT2D eigenvalue weighted by Crippen LogP contribution is -2.39. The van der Waals surface area contributed by atoms with E-state index in [1.54, 1.807) is 7.05 Å². The van der Waals surface area contributed by atoms with Crippen LogP contribution in [0.2, 0.25) is 0 Å². The number of unbranched alkanes of at least 4 members (excludes halogenated alkanes) is 1. The standard InChI is InChI=1S/C14H30N4O2/c1-6-7-9-16-12(15-5)17-10-8-11-18-13(19)20-14(2,3)4/h6-11H2,1-5H3,(H,18,19)(H2,15,16,17). The highest BCUT2D eigenvalue weighted by molar-refractivity contribution is 5.79. The Morgan fingerprint density at radius 2 is 1.60 bits per heavy atom. The average Bonchev–Trinajstić information content (AvgIpc) is 2.34. The third-order valence-corrected chi connectivity index (χ3v) is 2.36. The van der Waals surface area contributed by atoms with E-state index in [0.717, 1.165) is 38.3 Å². The van der Waals surface area contributed by atoms with E-state index in [1.807, 2.05) is 20.8 Å². The molecule has 6 nitrogen and oxygen atoms in total. The van der Waals surface area contributed by atoms with E-state index in [-0.39, 0.29) is 6.09 Å². The Balaban J connectivity index is 3.62. The summed E-state index contributed by atoms with van der Waals surface area (Å²) in [7, 11) is 1.75. The largest absolute Gasteiger partial charge is 0.444 e. The summed E-state index contributed by atoms with van der Waals surface area (Å²) in [5.41, 5.74) is -0.451. The smallest absolute Gasteiger partial charge is 0.407 e. The molecule has 0 aromatic carbocycles. The van der Waals surface area contributed by atoms with Crippen molar-refractivity contribution in [2.24, 2.45) is 4.99 Å². The lowest BCUT2D eigenvalue weighted by molar-refractivity contribution is 0.0527. The van der Waals surface area contributed by atoms with E-state index in [9.17, 15) is 4.79 Å². The van der Waals surface area contributed by atoms with Gasteiger partial charge in [-0.05, 0) is 33.6 Å². The van der Waals surface area contributed by atoms with Gasteiger partial charge in [-0.3, -0.25) is 4.99 Å². The Morgan fingerprint density at radius 3 is 2.10 bits per heavy atom. The van der Waals surface area contributed by atoms with Gasteiger partial charge in [0.2, 0.25) is 0 Å². The second-order valence-corrected chi connectivity index (χ2v) is 5.56. The van der Waals surface area contributed by atoms with Crippen LogP contribution < -0.4 is 16.0 Å². The van der Waals surface area contributed by atoms with Crippen molar-refractivity contribution in [1.29, 1.82) is 0 Å². The summed E-state index contributed by atoms with van der Waals surface area (Å²) in [6.07, 6.45) is 2.72. The maximum atomic E-state index is 11.4. The first-order valence-electron chi connectivity index (χ1n) is 7.30. The number of ether oxygens (including phenoxy) is 1. The highest BCUT2D eigenvalue weighted by Gasteiger charge is 2.15. The molecule has 0 spiro atoms. The summed E-state index contributed by atoms with van der Waals surface area (Å²) in [5, 5.41) is 9.15. The van der Waals surface area contributed by atoms with Gasteiger partial charge in [-0.2, -0.15) is 0 Å². The van der Waals surface area contributed by atoms with Gasteiger partial charge in [0.25, 0.3) is 0 Å². The summed E-state index contributed by atoms with van der Waals surface area (Å²) in [6.45, 7) is 9.95. The molecule has 0 atom stereocenters. The number of alkyl carbamates (subject to hydrolysis) is 1. The molecule has 1 amide bonds. The molecule has 0 aromatic rings. The molecule has 0 aromatic heterocycles. The first-order valence-corrected chi connectivity index (χ1v) is 7.30. The van der Waals surface area contributed by atoms with E-state index in [0.29, 0.717) is 6.54 Å². The minimum Gasteiger partial charge on any atom is -0.444 e. The molecule has 0 bridgehead atoms. The van der Waals surface area contributed by atoms with Crippen LogP contribution >= 0.6 is 0 Å². The monoisotopic (exact) mass is 286 g/mol. The molecule has 0 fully saturated rings. The van der Waals surface area contributed by atoms with Crippen molar-refractivity contribution in [1.82, 2.24) is 16.0 Å². The van der Waals surface area contributed by atoms with E-state index < -0.39 is 5.60 Å². The number of rotatable bonds is 7. The molecule has 0 heterocycles. The fourth-order valence-corrected chi connectivity index (χ4v) is 1.40. The number of nitrogens with zero attached hydrogens (tertiary/aromatic N) is 1. The zero-order valence-electron chi connectivity index (χ0n) is 13.5. The van der Waals surface area contributed by atoms with Crippen molar-refractivity contribution >= 4 is 12.1 Å². The van der Waals surface area contributed by atoms with E-state index >= 15 is 0 Å². The molecule has 0 radical (unpaired) electrons. The van der Waals surface area contributed by atoms with Crippen LogP contribution in [-0.4, -0.2) is 44.3 Å². The quantitative estimate of drug-likeness (QED) is 0.379. The Kier molecular flexibility index (Phi) is 9.59. The van der Waals surface area contributed by atoms with Crippen LogP contribution in [0.1, 0.15) is 47.0 Å². The summed E-state index contributed by atoms with van der Waals surface area (Å²) in [6, 6.07) is 0. The van der Waals surface area contributed by atoms with Crippen molar-refractivity contribution in [3.63, 3.8) is 0 Å². The molecule has 0 unspecified atom stereocenters. The number of hydrogen-bond acceptors (Lipinski definition) is 3. The Hall–Kier alpha value is -1.46. The Labute approximate surface area is 122 Å². The number of carbonyl (C=O) groups excluding carboxylic acids is 1. The lowest BCUT2D eigenvalue weighted by atomic mass is 10.2. The van der Waals surface area contributed by atoms with Gasteiger partial charge in [0.05, 0.1) is 0 Å².